The maximum Gasteiger partial charge on any atom is 0.306 e. The summed E-state index contributed by atoms with van der Waals surface area (Å²) < 4.78 is 54.0. The molecular formula is C74H115FO18. The maximum atomic E-state index is 17.6. The number of hydrogen-bond donors (Lipinski definition) is 3. The van der Waals surface area contributed by atoms with E-state index in [1.807, 2.05) is 0 Å². The van der Waals surface area contributed by atoms with Crippen LogP contribution in [0.25, 0.3) is 0 Å². The van der Waals surface area contributed by atoms with Gasteiger partial charge in [-0.1, -0.05) is 152 Å². The molecule has 4 aliphatic carbocycles. The SMILES string of the molecule is CCCCC/C=C\C/C=C\CCCCCCCC(=O)OCC(COC(=O)CCC(=O)OCC(=O)[C@@]1(O)[C@H](C)C[C@H]2[C@@H]3CCC4=CC(=O)C=C[C@]4(C)[C@@]3(F)[C@@H](O)C[C@@]21C)OC(=O)CCCCCCC/C=C\C/C=C\CCCCC.COCC(COC(=O)CCC(=O)O)OC. The largest absolute Gasteiger partial charge is 0.481 e. The zero-order valence-corrected chi connectivity index (χ0v) is 57.3. The number of carbonyl (C=O) groups is 8. The van der Waals surface area contributed by atoms with Crippen LogP contribution in [0.5, 0.6) is 0 Å². The van der Waals surface area contributed by atoms with Crippen LogP contribution < -0.4 is 0 Å². The molecule has 3 fully saturated rings. The lowest BCUT2D eigenvalue weighted by Crippen LogP contribution is -2.69. The van der Waals surface area contributed by atoms with E-state index in [0.717, 1.165) is 89.9 Å². The topological polar surface area (TPSA) is 262 Å². The number of aliphatic hydroxyl groups is 2. The Labute approximate surface area is 554 Å². The Bertz CT molecular complexity index is 2480. The molecule has 93 heavy (non-hydrogen) atoms. The second kappa shape index (κ2) is 44.9. The lowest BCUT2D eigenvalue weighted by atomic mass is 9.44. The van der Waals surface area contributed by atoms with Gasteiger partial charge < -0.3 is 48.5 Å². The zero-order chi connectivity index (χ0) is 68.6. The number of Topliss-reactive ketones (excluding diaryl/α,β-unsaturated/α-hetero) is 1. The first-order valence-electron chi connectivity index (χ1n) is 34.8. The first-order chi connectivity index (χ1) is 44.6. The number of fused-ring (bicyclic) bond motifs is 5. The van der Waals surface area contributed by atoms with Gasteiger partial charge in [-0.25, -0.2) is 4.39 Å². The van der Waals surface area contributed by atoms with E-state index in [4.69, 9.17) is 38.3 Å². The van der Waals surface area contributed by atoms with Crippen molar-refractivity contribution in [3.05, 3.63) is 72.4 Å². The van der Waals surface area contributed by atoms with Crippen molar-refractivity contribution < 1.29 is 91.2 Å². The highest BCUT2D eigenvalue weighted by molar-refractivity contribution is 6.01. The molecule has 0 radical (unpaired) electrons. The van der Waals surface area contributed by atoms with Crippen molar-refractivity contribution in [2.45, 2.75) is 270 Å². The van der Waals surface area contributed by atoms with Crippen molar-refractivity contribution in [3.63, 3.8) is 0 Å². The number of carbonyl (C=O) groups excluding carboxylic acids is 7. The molecule has 10 atom stereocenters. The highest BCUT2D eigenvalue weighted by atomic mass is 19.1. The number of alkyl halides is 1. The Hall–Kier alpha value is -5.63. The van der Waals surface area contributed by atoms with Gasteiger partial charge >= 0.3 is 35.8 Å². The number of esters is 5. The molecule has 4 aliphatic rings. The van der Waals surface area contributed by atoms with Crippen molar-refractivity contribution in [3.8, 4) is 0 Å². The van der Waals surface area contributed by atoms with Crippen LogP contribution in [0.2, 0.25) is 0 Å². The maximum absolute atomic E-state index is 17.6. The number of methoxy groups -OCH3 is 2. The standard InChI is InChI=1S/C65H99FO12.C9H16O6/c1-6-8-10-12-14-16-18-20-22-24-26-28-30-32-34-36-58(70)75-47-53(78-61(73)37-35-33-31-29-27-25-23-21-19-17-15-13-11-9-7-2)48-76-59(71)40-41-60(72)77-49-57(69)65(74)50(3)44-55-54-39-38-51-45-52(67)42-43-62(51,4)64(54,66)56(68)46-63(55,65)5;1-13-5-7(14-2)6-15-9(12)4-3-8(10)11/h14-17,20-23,42-43,45,50,53-56,68,74H,6-13,18-19,24-41,44,46-49H2,1-5H3;7H,3-6H2,1-2H3,(H,10,11)/b16-14-,17-15-,22-20-,23-21-;/t50-,53?,54+,55+,56+,62+,63+,64+,65+;/m1./s1. The number of carboxylic acids is 1. The Morgan fingerprint density at radius 1 is 0.602 bits per heavy atom. The molecular weight excluding hydrogens is 1200 g/mol. The molecule has 19 heteroatoms. The van der Waals surface area contributed by atoms with Gasteiger partial charge in [-0.05, 0) is 134 Å². The minimum Gasteiger partial charge on any atom is -0.481 e. The third kappa shape index (κ3) is 27.6. The van der Waals surface area contributed by atoms with E-state index in [0.29, 0.717) is 44.3 Å². The van der Waals surface area contributed by atoms with E-state index in [-0.39, 0.29) is 57.2 Å². The highest BCUT2D eigenvalue weighted by Crippen LogP contribution is 2.70. The van der Waals surface area contributed by atoms with Gasteiger partial charge in [-0.2, -0.15) is 0 Å². The summed E-state index contributed by atoms with van der Waals surface area (Å²) in [5, 5.41) is 32.3. The molecule has 3 N–H and O–H groups in total. The number of carboxylic acid groups (broad SMARTS) is 1. The molecule has 0 saturated heterocycles. The van der Waals surface area contributed by atoms with E-state index in [1.165, 1.54) is 64.9 Å². The molecule has 3 saturated carbocycles. The Kier molecular flexibility index (Phi) is 39.4. The summed E-state index contributed by atoms with van der Waals surface area (Å²) in [4.78, 5) is 99.0. The summed E-state index contributed by atoms with van der Waals surface area (Å²) in [7, 11) is 2.99. The quantitative estimate of drug-likeness (QED) is 0.0221. The van der Waals surface area contributed by atoms with Gasteiger partial charge in [0.1, 0.15) is 31.5 Å². The zero-order valence-electron chi connectivity index (χ0n) is 57.3. The fourth-order valence-electron chi connectivity index (χ4n) is 13.5. The van der Waals surface area contributed by atoms with Crippen molar-refractivity contribution in [1.82, 2.24) is 0 Å². The van der Waals surface area contributed by atoms with Gasteiger partial charge in [0, 0.05) is 43.8 Å². The molecule has 0 bridgehead atoms. The van der Waals surface area contributed by atoms with Gasteiger partial charge in [-0.3, -0.25) is 38.4 Å². The lowest BCUT2D eigenvalue weighted by Gasteiger charge is -2.62. The molecule has 0 aromatic heterocycles. The van der Waals surface area contributed by atoms with Crippen molar-refractivity contribution in [2.24, 2.45) is 28.6 Å². The van der Waals surface area contributed by atoms with Gasteiger partial charge in [0.25, 0.3) is 0 Å². The highest BCUT2D eigenvalue weighted by Gasteiger charge is 2.75. The van der Waals surface area contributed by atoms with E-state index in [1.54, 1.807) is 26.8 Å². The Balaban J connectivity index is 0.00000133. The second-order valence-corrected chi connectivity index (χ2v) is 26.1. The van der Waals surface area contributed by atoms with Crippen LogP contribution in [0.4, 0.5) is 4.39 Å². The first kappa shape index (κ1) is 81.6. The monoisotopic (exact) mass is 1310 g/mol. The molecule has 4 rings (SSSR count). The smallest absolute Gasteiger partial charge is 0.306 e. The normalized spacial score (nSPS) is 24.6. The molecule has 0 spiro atoms. The fourth-order valence-corrected chi connectivity index (χ4v) is 13.5. The van der Waals surface area contributed by atoms with E-state index in [2.05, 4.69) is 62.5 Å². The Morgan fingerprint density at radius 2 is 1.06 bits per heavy atom. The molecule has 2 unspecified atom stereocenters. The molecule has 526 valence electrons. The van der Waals surface area contributed by atoms with Crippen LogP contribution in [0.3, 0.4) is 0 Å². The fraction of sp³-hybridized carbons (Fsp3) is 0.730. The summed E-state index contributed by atoms with van der Waals surface area (Å²) in [6.07, 6.45) is 42.4. The number of hydrogen-bond acceptors (Lipinski definition) is 17. The summed E-state index contributed by atoms with van der Waals surface area (Å²) in [6.45, 7) is 8.44. The summed E-state index contributed by atoms with van der Waals surface area (Å²) in [5.74, 6) is -7.03. The van der Waals surface area contributed by atoms with Crippen molar-refractivity contribution in [1.29, 1.82) is 0 Å². The third-order valence-electron chi connectivity index (χ3n) is 19.0. The van der Waals surface area contributed by atoms with E-state index < -0.39 is 120 Å². The van der Waals surface area contributed by atoms with Crippen LogP contribution in [0, 0.1) is 28.6 Å². The van der Waals surface area contributed by atoms with Crippen molar-refractivity contribution in [2.75, 3.05) is 47.3 Å². The van der Waals surface area contributed by atoms with Crippen LogP contribution in [-0.4, -0.2) is 140 Å². The molecule has 0 heterocycles. The minimum absolute atomic E-state index is 0.0722. The van der Waals surface area contributed by atoms with E-state index >= 15 is 4.39 Å². The first-order valence-corrected chi connectivity index (χ1v) is 34.8. The summed E-state index contributed by atoms with van der Waals surface area (Å²) in [5.41, 5.74) is -6.02. The molecule has 0 aromatic rings. The average Bonchev–Trinajstić information content (AvgIpc) is 1.64. The van der Waals surface area contributed by atoms with Crippen LogP contribution in [0.1, 0.15) is 240 Å². The number of ether oxygens (including phenoxy) is 7. The van der Waals surface area contributed by atoms with E-state index in [9.17, 15) is 48.6 Å². The Morgan fingerprint density at radius 3 is 1.57 bits per heavy atom. The number of unbranched alkanes of at least 4 members (excludes halogenated alkanes) is 16. The number of halogens is 1. The predicted molar refractivity (Wildman–Crippen MR) is 354 cm³/mol. The number of allylic oxidation sites excluding steroid dienone is 12. The number of aliphatic carboxylic acids is 1. The summed E-state index contributed by atoms with van der Waals surface area (Å²) >= 11 is 0. The van der Waals surface area contributed by atoms with Crippen LogP contribution >= 0.6 is 0 Å². The molecule has 0 amide bonds. The van der Waals surface area contributed by atoms with Gasteiger partial charge in [0.05, 0.1) is 38.4 Å². The molecule has 18 nitrogen and oxygen atoms in total. The number of aliphatic hydroxyl groups excluding tert-OH is 1. The van der Waals surface area contributed by atoms with Crippen LogP contribution in [0.15, 0.2) is 72.4 Å². The minimum atomic E-state index is -2.13. The number of ketones is 2. The second-order valence-electron chi connectivity index (χ2n) is 26.1. The van der Waals surface area contributed by atoms with Gasteiger partial charge in [0.15, 0.2) is 24.2 Å². The number of rotatable bonds is 47. The predicted octanol–water partition coefficient (Wildman–Crippen LogP) is 13.9. The average molecular weight is 1310 g/mol. The summed E-state index contributed by atoms with van der Waals surface area (Å²) in [6, 6.07) is 0. The van der Waals surface area contributed by atoms with Crippen LogP contribution in [-0.2, 0) is 71.5 Å². The van der Waals surface area contributed by atoms with Crippen molar-refractivity contribution >= 4 is 47.4 Å². The third-order valence-corrected chi connectivity index (χ3v) is 19.0. The van der Waals surface area contributed by atoms with Gasteiger partial charge in [0.2, 0.25) is 5.78 Å². The van der Waals surface area contributed by atoms with Gasteiger partial charge in [-0.15, -0.1) is 0 Å². The molecule has 0 aliphatic heterocycles. The lowest BCUT2D eigenvalue weighted by molar-refractivity contribution is -0.220. The molecule has 0 aromatic carbocycles.